The van der Waals surface area contributed by atoms with Crippen molar-refractivity contribution in [2.24, 2.45) is 0 Å². The standard InChI is InChI=1S/C13H12FN3O/c14-11-7-9(4-5-12(11)15)13(18)17-8-10-3-1-2-6-16-10/h1-7H,8,15H2,(H,17,18). The molecule has 0 saturated heterocycles. The lowest BCUT2D eigenvalue weighted by Gasteiger charge is -2.05. The molecule has 1 amide bonds. The van der Waals surface area contributed by atoms with Gasteiger partial charge in [0.25, 0.3) is 5.91 Å². The Labute approximate surface area is 104 Å². The summed E-state index contributed by atoms with van der Waals surface area (Å²) in [6.45, 7) is 0.297. The molecule has 0 radical (unpaired) electrons. The van der Waals surface area contributed by atoms with Gasteiger partial charge in [0.1, 0.15) is 5.82 Å². The number of carbonyl (C=O) groups is 1. The first kappa shape index (κ1) is 12.0. The fourth-order valence-corrected chi connectivity index (χ4v) is 1.44. The molecule has 0 bridgehead atoms. The van der Waals surface area contributed by atoms with Gasteiger partial charge in [-0.2, -0.15) is 0 Å². The van der Waals surface area contributed by atoms with Gasteiger partial charge in [0, 0.05) is 11.8 Å². The number of pyridine rings is 1. The highest BCUT2D eigenvalue weighted by Crippen LogP contribution is 2.11. The zero-order valence-electron chi connectivity index (χ0n) is 9.56. The number of halogens is 1. The van der Waals surface area contributed by atoms with E-state index in [1.165, 1.54) is 12.1 Å². The molecule has 92 valence electrons. The van der Waals surface area contributed by atoms with E-state index < -0.39 is 5.82 Å². The predicted molar refractivity (Wildman–Crippen MR) is 66.2 cm³/mol. The first-order chi connectivity index (χ1) is 8.66. The number of nitrogens with zero attached hydrogens (tertiary/aromatic N) is 1. The molecule has 0 aliphatic carbocycles. The van der Waals surface area contributed by atoms with Crippen molar-refractivity contribution < 1.29 is 9.18 Å². The lowest BCUT2D eigenvalue weighted by atomic mass is 10.2. The fraction of sp³-hybridized carbons (Fsp3) is 0.0769. The van der Waals surface area contributed by atoms with Crippen LogP contribution in [0.25, 0.3) is 0 Å². The molecule has 4 nitrogen and oxygen atoms in total. The second kappa shape index (κ2) is 5.27. The fourth-order valence-electron chi connectivity index (χ4n) is 1.44. The van der Waals surface area contributed by atoms with Crippen molar-refractivity contribution in [2.45, 2.75) is 6.54 Å². The molecule has 1 heterocycles. The maximum atomic E-state index is 13.2. The van der Waals surface area contributed by atoms with Gasteiger partial charge in [-0.3, -0.25) is 9.78 Å². The normalized spacial score (nSPS) is 10.1. The summed E-state index contributed by atoms with van der Waals surface area (Å²) in [7, 11) is 0. The van der Waals surface area contributed by atoms with Crippen LogP contribution in [0.4, 0.5) is 10.1 Å². The van der Waals surface area contributed by atoms with Crippen LogP contribution in [0.3, 0.4) is 0 Å². The molecular formula is C13H12FN3O. The van der Waals surface area contributed by atoms with E-state index in [4.69, 9.17) is 5.73 Å². The Morgan fingerprint density at radius 1 is 1.33 bits per heavy atom. The van der Waals surface area contributed by atoms with Crippen LogP contribution in [0.15, 0.2) is 42.6 Å². The highest BCUT2D eigenvalue weighted by molar-refractivity contribution is 5.94. The third-order valence-corrected chi connectivity index (χ3v) is 2.42. The maximum Gasteiger partial charge on any atom is 0.251 e. The van der Waals surface area contributed by atoms with Crippen LogP contribution in [0.5, 0.6) is 0 Å². The first-order valence-corrected chi connectivity index (χ1v) is 5.40. The van der Waals surface area contributed by atoms with Crippen molar-refractivity contribution in [3.63, 3.8) is 0 Å². The summed E-state index contributed by atoms with van der Waals surface area (Å²) in [6.07, 6.45) is 1.64. The third-order valence-electron chi connectivity index (χ3n) is 2.42. The van der Waals surface area contributed by atoms with Crippen LogP contribution in [0.2, 0.25) is 0 Å². The van der Waals surface area contributed by atoms with Crippen molar-refractivity contribution in [3.05, 3.63) is 59.7 Å². The van der Waals surface area contributed by atoms with E-state index in [9.17, 15) is 9.18 Å². The monoisotopic (exact) mass is 245 g/mol. The molecule has 0 unspecified atom stereocenters. The van der Waals surface area contributed by atoms with Crippen LogP contribution >= 0.6 is 0 Å². The van der Waals surface area contributed by atoms with E-state index in [1.807, 2.05) is 6.07 Å². The number of nitrogens with two attached hydrogens (primary N) is 1. The van der Waals surface area contributed by atoms with Gasteiger partial charge in [-0.1, -0.05) is 6.07 Å². The highest BCUT2D eigenvalue weighted by Gasteiger charge is 2.08. The van der Waals surface area contributed by atoms with Crippen molar-refractivity contribution in [1.29, 1.82) is 0 Å². The number of nitrogen functional groups attached to an aromatic ring is 1. The second-order valence-corrected chi connectivity index (χ2v) is 3.74. The minimum atomic E-state index is -0.597. The SMILES string of the molecule is Nc1ccc(C(=O)NCc2ccccn2)cc1F. The van der Waals surface area contributed by atoms with Gasteiger partial charge in [0.15, 0.2) is 0 Å². The summed E-state index contributed by atoms with van der Waals surface area (Å²) in [5, 5.41) is 2.65. The summed E-state index contributed by atoms with van der Waals surface area (Å²) < 4.78 is 13.2. The highest BCUT2D eigenvalue weighted by atomic mass is 19.1. The number of nitrogens with one attached hydrogen (secondary N) is 1. The predicted octanol–water partition coefficient (Wildman–Crippen LogP) is 1.73. The van der Waals surface area contributed by atoms with Crippen LogP contribution < -0.4 is 11.1 Å². The average Bonchev–Trinajstić information content (AvgIpc) is 2.40. The topological polar surface area (TPSA) is 68.0 Å². The molecule has 2 aromatic rings. The Kier molecular flexibility index (Phi) is 3.52. The molecule has 1 aromatic heterocycles. The van der Waals surface area contributed by atoms with Gasteiger partial charge in [0.2, 0.25) is 0 Å². The smallest absolute Gasteiger partial charge is 0.251 e. The zero-order chi connectivity index (χ0) is 13.0. The van der Waals surface area contributed by atoms with E-state index in [1.54, 1.807) is 18.3 Å². The minimum absolute atomic E-state index is 0.0243. The number of hydrogen-bond acceptors (Lipinski definition) is 3. The first-order valence-electron chi connectivity index (χ1n) is 5.40. The number of benzene rings is 1. The van der Waals surface area contributed by atoms with Crippen LogP contribution in [-0.2, 0) is 6.54 Å². The van der Waals surface area contributed by atoms with Crippen molar-refractivity contribution >= 4 is 11.6 Å². The zero-order valence-corrected chi connectivity index (χ0v) is 9.56. The second-order valence-electron chi connectivity index (χ2n) is 3.74. The van der Waals surface area contributed by atoms with Crippen LogP contribution in [0.1, 0.15) is 16.1 Å². The molecule has 0 aliphatic heterocycles. The molecular weight excluding hydrogens is 233 g/mol. The molecule has 0 spiro atoms. The Hall–Kier alpha value is -2.43. The van der Waals surface area contributed by atoms with Crippen LogP contribution in [-0.4, -0.2) is 10.9 Å². The van der Waals surface area contributed by atoms with Gasteiger partial charge in [-0.25, -0.2) is 4.39 Å². The lowest BCUT2D eigenvalue weighted by molar-refractivity contribution is 0.0950. The van der Waals surface area contributed by atoms with Crippen molar-refractivity contribution in [1.82, 2.24) is 10.3 Å². The Bertz CT molecular complexity index is 557. The number of carbonyl (C=O) groups excluding carboxylic acids is 1. The molecule has 0 fully saturated rings. The van der Waals surface area contributed by atoms with Gasteiger partial charge in [0.05, 0.1) is 17.9 Å². The number of aromatic nitrogens is 1. The third kappa shape index (κ3) is 2.82. The van der Waals surface area contributed by atoms with E-state index in [2.05, 4.69) is 10.3 Å². The number of hydrogen-bond donors (Lipinski definition) is 2. The minimum Gasteiger partial charge on any atom is -0.396 e. The van der Waals surface area contributed by atoms with E-state index >= 15 is 0 Å². The van der Waals surface area contributed by atoms with Gasteiger partial charge in [-0.15, -0.1) is 0 Å². The number of anilines is 1. The summed E-state index contributed by atoms with van der Waals surface area (Å²) in [5.41, 5.74) is 6.33. The van der Waals surface area contributed by atoms with Gasteiger partial charge in [-0.05, 0) is 30.3 Å². The quantitative estimate of drug-likeness (QED) is 0.809. The van der Waals surface area contributed by atoms with E-state index in [0.29, 0.717) is 6.54 Å². The molecule has 3 N–H and O–H groups in total. The Balaban J connectivity index is 2.02. The number of amides is 1. The van der Waals surface area contributed by atoms with Gasteiger partial charge >= 0.3 is 0 Å². The number of rotatable bonds is 3. The summed E-state index contributed by atoms with van der Waals surface area (Å²) in [5.74, 6) is -0.958. The summed E-state index contributed by atoms with van der Waals surface area (Å²) in [6, 6.07) is 9.38. The molecule has 1 aromatic carbocycles. The molecule has 0 aliphatic rings. The Morgan fingerprint density at radius 2 is 2.17 bits per heavy atom. The Morgan fingerprint density at radius 3 is 2.83 bits per heavy atom. The van der Waals surface area contributed by atoms with Crippen molar-refractivity contribution in [3.8, 4) is 0 Å². The molecule has 0 atom stereocenters. The molecule has 5 heteroatoms. The lowest BCUT2D eigenvalue weighted by Crippen LogP contribution is -2.23. The molecule has 18 heavy (non-hydrogen) atoms. The molecule has 0 saturated carbocycles. The summed E-state index contributed by atoms with van der Waals surface area (Å²) in [4.78, 5) is 15.8. The van der Waals surface area contributed by atoms with E-state index in [-0.39, 0.29) is 17.2 Å². The van der Waals surface area contributed by atoms with Gasteiger partial charge < -0.3 is 11.1 Å². The average molecular weight is 245 g/mol. The van der Waals surface area contributed by atoms with Crippen molar-refractivity contribution in [2.75, 3.05) is 5.73 Å². The maximum absolute atomic E-state index is 13.2. The largest absolute Gasteiger partial charge is 0.396 e. The van der Waals surface area contributed by atoms with Crippen LogP contribution in [0, 0.1) is 5.82 Å². The molecule has 2 rings (SSSR count). The summed E-state index contributed by atoms with van der Waals surface area (Å²) >= 11 is 0. The van der Waals surface area contributed by atoms with E-state index in [0.717, 1.165) is 11.8 Å².